The average molecular weight is 472 g/mol. The van der Waals surface area contributed by atoms with Crippen molar-refractivity contribution in [1.29, 1.82) is 0 Å². The first-order valence-electron chi connectivity index (χ1n) is 10.9. The van der Waals surface area contributed by atoms with Crippen LogP contribution in [0.15, 0.2) is 96.6 Å². The Kier molecular flexibility index (Phi) is 4.79. The first-order valence-corrected chi connectivity index (χ1v) is 11.7. The van der Waals surface area contributed by atoms with Crippen LogP contribution in [0.3, 0.4) is 0 Å². The molecular formula is C28H19Cl2NO2. The van der Waals surface area contributed by atoms with E-state index in [0.29, 0.717) is 15.7 Å². The Morgan fingerprint density at radius 1 is 0.697 bits per heavy atom. The van der Waals surface area contributed by atoms with Crippen molar-refractivity contribution in [2.75, 3.05) is 4.90 Å². The number of amides is 2. The molecule has 5 heteroatoms. The van der Waals surface area contributed by atoms with Crippen LogP contribution in [0.25, 0.3) is 5.57 Å². The molecule has 3 aliphatic rings. The molecule has 2 aliphatic carbocycles. The molecule has 162 valence electrons. The molecule has 0 aromatic heterocycles. The zero-order valence-electron chi connectivity index (χ0n) is 17.5. The van der Waals surface area contributed by atoms with Crippen LogP contribution >= 0.6 is 23.2 Å². The summed E-state index contributed by atoms with van der Waals surface area (Å²) in [7, 11) is 0. The molecule has 1 aliphatic heterocycles. The number of rotatable bonds is 3. The number of allylic oxidation sites excluding steroid dienone is 3. The molecule has 1 saturated carbocycles. The SMILES string of the molecule is O=C1[C@@H]2[C@@H](C(=O)N1c1ccc(Cl)cc1Cl)[C@H]1C=C[C@@H]2C1=C(c1ccccc1)c1ccccc1. The molecule has 3 aromatic carbocycles. The highest BCUT2D eigenvalue weighted by atomic mass is 35.5. The summed E-state index contributed by atoms with van der Waals surface area (Å²) in [6.07, 6.45) is 4.20. The number of benzene rings is 3. The number of imide groups is 1. The van der Waals surface area contributed by atoms with Crippen LogP contribution in [0.2, 0.25) is 10.0 Å². The van der Waals surface area contributed by atoms with E-state index in [2.05, 4.69) is 36.4 Å². The van der Waals surface area contributed by atoms with Crippen molar-refractivity contribution in [3.63, 3.8) is 0 Å². The molecule has 3 aromatic rings. The Hall–Kier alpha value is -3.14. The monoisotopic (exact) mass is 471 g/mol. The highest BCUT2D eigenvalue weighted by molar-refractivity contribution is 6.38. The van der Waals surface area contributed by atoms with Gasteiger partial charge in [0.15, 0.2) is 0 Å². The standard InChI is InChI=1S/C28H19Cl2NO2/c29-18-11-14-22(21(30)15-18)31-27(32)25-19-12-13-20(26(25)28(31)33)24(19)23(16-7-3-1-4-8-16)17-9-5-2-6-10-17/h1-15,19-20,25-26H/t19-,20+,25-,26-/m0/s1. The van der Waals surface area contributed by atoms with Gasteiger partial charge >= 0.3 is 0 Å². The molecule has 33 heavy (non-hydrogen) atoms. The summed E-state index contributed by atoms with van der Waals surface area (Å²) >= 11 is 12.4. The van der Waals surface area contributed by atoms with Crippen LogP contribution in [0, 0.1) is 23.7 Å². The molecule has 0 unspecified atom stereocenters. The van der Waals surface area contributed by atoms with Gasteiger partial charge in [-0.3, -0.25) is 9.59 Å². The molecule has 3 nitrogen and oxygen atoms in total. The maximum atomic E-state index is 13.6. The number of halogens is 2. The number of anilines is 1. The first kappa shape index (κ1) is 20.5. The lowest BCUT2D eigenvalue weighted by molar-refractivity contribution is -0.122. The Morgan fingerprint density at radius 2 is 1.21 bits per heavy atom. The minimum absolute atomic E-state index is 0.122. The quantitative estimate of drug-likeness (QED) is 0.326. The fourth-order valence-electron chi connectivity index (χ4n) is 5.71. The molecule has 0 spiro atoms. The minimum Gasteiger partial charge on any atom is -0.274 e. The summed E-state index contributed by atoms with van der Waals surface area (Å²) in [5, 5.41) is 0.764. The third kappa shape index (κ3) is 3.03. The zero-order chi connectivity index (χ0) is 22.7. The van der Waals surface area contributed by atoms with Gasteiger partial charge in [0, 0.05) is 16.9 Å². The summed E-state index contributed by atoms with van der Waals surface area (Å²) in [4.78, 5) is 28.5. The third-order valence-corrected chi connectivity index (χ3v) is 7.52. The van der Waals surface area contributed by atoms with Crippen LogP contribution < -0.4 is 4.90 Å². The molecule has 2 fully saturated rings. The van der Waals surface area contributed by atoms with E-state index in [1.807, 2.05) is 36.4 Å². The van der Waals surface area contributed by atoms with Crippen LogP contribution in [-0.4, -0.2) is 11.8 Å². The number of hydrogen-bond donors (Lipinski definition) is 0. The van der Waals surface area contributed by atoms with Crippen molar-refractivity contribution < 1.29 is 9.59 Å². The van der Waals surface area contributed by atoms with E-state index in [4.69, 9.17) is 23.2 Å². The van der Waals surface area contributed by atoms with Gasteiger partial charge in [0.25, 0.3) is 0 Å². The Morgan fingerprint density at radius 3 is 1.70 bits per heavy atom. The van der Waals surface area contributed by atoms with Gasteiger partial charge in [-0.05, 0) is 40.5 Å². The number of carbonyl (C=O) groups is 2. The van der Waals surface area contributed by atoms with Gasteiger partial charge in [-0.2, -0.15) is 0 Å². The van der Waals surface area contributed by atoms with E-state index in [9.17, 15) is 9.59 Å². The van der Waals surface area contributed by atoms with Crippen molar-refractivity contribution in [2.24, 2.45) is 23.7 Å². The van der Waals surface area contributed by atoms with Gasteiger partial charge in [0.1, 0.15) is 0 Å². The van der Waals surface area contributed by atoms with Gasteiger partial charge in [-0.15, -0.1) is 0 Å². The normalized spacial score (nSPS) is 25.2. The number of carbonyl (C=O) groups excluding carboxylic acids is 2. The highest BCUT2D eigenvalue weighted by Gasteiger charge is 2.62. The molecule has 4 atom stereocenters. The van der Waals surface area contributed by atoms with Crippen LogP contribution in [0.5, 0.6) is 0 Å². The van der Waals surface area contributed by atoms with Gasteiger partial charge < -0.3 is 0 Å². The van der Waals surface area contributed by atoms with Crippen molar-refractivity contribution in [1.82, 2.24) is 0 Å². The first-order chi connectivity index (χ1) is 16.1. The van der Waals surface area contributed by atoms with E-state index < -0.39 is 11.8 Å². The van der Waals surface area contributed by atoms with Gasteiger partial charge in [-0.1, -0.05) is 96.0 Å². The smallest absolute Gasteiger partial charge is 0.238 e. The number of fused-ring (bicyclic) bond motifs is 5. The van der Waals surface area contributed by atoms with Crippen LogP contribution in [-0.2, 0) is 9.59 Å². The summed E-state index contributed by atoms with van der Waals surface area (Å²) < 4.78 is 0. The zero-order valence-corrected chi connectivity index (χ0v) is 19.0. The molecule has 6 rings (SSSR count). The largest absolute Gasteiger partial charge is 0.274 e. The van der Waals surface area contributed by atoms with E-state index in [0.717, 1.165) is 22.3 Å². The summed E-state index contributed by atoms with van der Waals surface area (Å²) in [5.41, 5.74) is 4.86. The lowest BCUT2D eigenvalue weighted by Crippen LogP contribution is -2.33. The van der Waals surface area contributed by atoms with Crippen molar-refractivity contribution in [3.8, 4) is 0 Å². The van der Waals surface area contributed by atoms with Crippen molar-refractivity contribution in [3.05, 3.63) is 118 Å². The van der Waals surface area contributed by atoms with E-state index in [1.54, 1.807) is 18.2 Å². The highest BCUT2D eigenvalue weighted by Crippen LogP contribution is 2.59. The molecule has 2 bridgehead atoms. The number of nitrogens with zero attached hydrogens (tertiary/aromatic N) is 1. The summed E-state index contributed by atoms with van der Waals surface area (Å²) in [6, 6.07) is 25.3. The molecule has 0 N–H and O–H groups in total. The Bertz CT molecular complexity index is 1270. The lowest BCUT2D eigenvalue weighted by atomic mass is 9.85. The Balaban J connectivity index is 1.49. The minimum atomic E-state index is -0.420. The average Bonchev–Trinajstić information content (AvgIpc) is 3.46. The van der Waals surface area contributed by atoms with E-state index in [-0.39, 0.29) is 23.7 Å². The van der Waals surface area contributed by atoms with Crippen molar-refractivity contribution >= 4 is 46.3 Å². The lowest BCUT2D eigenvalue weighted by Gasteiger charge is -2.22. The third-order valence-electron chi connectivity index (χ3n) is 6.98. The van der Waals surface area contributed by atoms with E-state index >= 15 is 0 Å². The molecular weight excluding hydrogens is 453 g/mol. The molecule has 0 radical (unpaired) electrons. The van der Waals surface area contributed by atoms with Gasteiger partial charge in [0.2, 0.25) is 11.8 Å². The second kappa shape index (κ2) is 7.72. The Labute approximate surface area is 201 Å². The maximum absolute atomic E-state index is 13.6. The summed E-state index contributed by atoms with van der Waals surface area (Å²) in [5.74, 6) is -1.47. The van der Waals surface area contributed by atoms with Crippen molar-refractivity contribution in [2.45, 2.75) is 0 Å². The van der Waals surface area contributed by atoms with Gasteiger partial charge in [0.05, 0.1) is 22.5 Å². The van der Waals surface area contributed by atoms with Crippen LogP contribution in [0.1, 0.15) is 11.1 Å². The fraction of sp³-hybridized carbons (Fsp3) is 0.143. The van der Waals surface area contributed by atoms with E-state index in [1.165, 1.54) is 4.90 Å². The molecule has 1 heterocycles. The summed E-state index contributed by atoms with van der Waals surface area (Å²) in [6.45, 7) is 0. The topological polar surface area (TPSA) is 37.4 Å². The van der Waals surface area contributed by atoms with Crippen LogP contribution in [0.4, 0.5) is 5.69 Å². The van der Waals surface area contributed by atoms with Gasteiger partial charge in [-0.25, -0.2) is 4.90 Å². The number of hydrogen-bond acceptors (Lipinski definition) is 2. The maximum Gasteiger partial charge on any atom is 0.238 e. The predicted molar refractivity (Wildman–Crippen MR) is 131 cm³/mol. The second-order valence-corrected chi connectivity index (χ2v) is 9.50. The fourth-order valence-corrected chi connectivity index (χ4v) is 6.20. The predicted octanol–water partition coefficient (Wildman–Crippen LogP) is 6.42. The molecule has 2 amide bonds. The second-order valence-electron chi connectivity index (χ2n) is 8.66. The molecule has 1 saturated heterocycles.